The molecule has 1 amide bonds. The van der Waals surface area contributed by atoms with Crippen molar-refractivity contribution in [2.24, 2.45) is 0 Å². The van der Waals surface area contributed by atoms with E-state index in [1.54, 1.807) is 42.6 Å². The molecule has 7 heteroatoms. The molecule has 2 heterocycles. The van der Waals surface area contributed by atoms with Crippen LogP contribution in [0.25, 0.3) is 0 Å². The van der Waals surface area contributed by atoms with Crippen molar-refractivity contribution in [2.75, 3.05) is 19.7 Å². The first-order valence-corrected chi connectivity index (χ1v) is 9.47. The lowest BCUT2D eigenvalue weighted by atomic mass is 10.1. The monoisotopic (exact) mass is 397 g/mol. The number of halogens is 1. The third-order valence-corrected chi connectivity index (χ3v) is 4.74. The van der Waals surface area contributed by atoms with Crippen LogP contribution in [-0.4, -0.2) is 46.4 Å². The Balaban J connectivity index is 1.38. The van der Waals surface area contributed by atoms with Crippen LogP contribution in [0.15, 0.2) is 67.0 Å². The molecule has 1 aliphatic rings. The molecule has 0 bridgehead atoms. The van der Waals surface area contributed by atoms with Crippen molar-refractivity contribution in [3.63, 3.8) is 0 Å². The summed E-state index contributed by atoms with van der Waals surface area (Å²) in [6.45, 7) is 2.27. The topological polar surface area (TPSA) is 56.6 Å². The predicted octanol–water partition coefficient (Wildman–Crippen LogP) is 3.87. The Hall–Kier alpha value is -2.83. The third kappa shape index (κ3) is 4.52. The van der Waals surface area contributed by atoms with Crippen molar-refractivity contribution in [2.45, 2.75) is 12.6 Å². The zero-order valence-electron chi connectivity index (χ0n) is 15.2. The maximum absolute atomic E-state index is 12.9. The van der Waals surface area contributed by atoms with Gasteiger partial charge in [-0.3, -0.25) is 9.48 Å². The molecule has 4 rings (SSSR count). The zero-order chi connectivity index (χ0) is 19.3. The highest BCUT2D eigenvalue weighted by Crippen LogP contribution is 2.24. The van der Waals surface area contributed by atoms with E-state index in [-0.39, 0.29) is 12.0 Å². The number of rotatable bonds is 5. The largest absolute Gasteiger partial charge is 0.457 e. The summed E-state index contributed by atoms with van der Waals surface area (Å²) in [5.74, 6) is 1.29. The van der Waals surface area contributed by atoms with E-state index in [0.29, 0.717) is 48.3 Å². The Morgan fingerprint density at radius 3 is 2.79 bits per heavy atom. The van der Waals surface area contributed by atoms with Gasteiger partial charge in [-0.15, -0.1) is 0 Å². The summed E-state index contributed by atoms with van der Waals surface area (Å²) >= 11 is 5.97. The molecule has 6 nitrogen and oxygen atoms in total. The Morgan fingerprint density at radius 1 is 1.18 bits per heavy atom. The van der Waals surface area contributed by atoms with Crippen molar-refractivity contribution in [3.05, 3.63) is 77.6 Å². The van der Waals surface area contributed by atoms with Crippen LogP contribution >= 0.6 is 11.6 Å². The highest BCUT2D eigenvalue weighted by atomic mass is 35.5. The molecule has 144 valence electrons. The maximum Gasteiger partial charge on any atom is 0.254 e. The standard InChI is InChI=1S/C21H20ClN3O3/c22-17-3-1-4-19(13-17)28-18-7-5-16(6-8-18)21(26)24-11-12-27-20(14-24)15-25-10-2-9-23-25/h1-10,13,20H,11-12,14-15H2. The van der Waals surface area contributed by atoms with Crippen molar-refractivity contribution >= 4 is 17.5 Å². The minimum atomic E-state index is -0.0666. The molecule has 0 radical (unpaired) electrons. The van der Waals surface area contributed by atoms with Crippen molar-refractivity contribution in [1.82, 2.24) is 14.7 Å². The fourth-order valence-corrected chi connectivity index (χ4v) is 3.33. The summed E-state index contributed by atoms with van der Waals surface area (Å²) in [5.41, 5.74) is 0.623. The van der Waals surface area contributed by atoms with E-state index in [0.717, 1.165) is 0 Å². The number of aromatic nitrogens is 2. The molecule has 1 unspecified atom stereocenters. The lowest BCUT2D eigenvalue weighted by molar-refractivity contribution is -0.0299. The van der Waals surface area contributed by atoms with Gasteiger partial charge in [-0.25, -0.2) is 0 Å². The van der Waals surface area contributed by atoms with Crippen LogP contribution in [-0.2, 0) is 11.3 Å². The average Bonchev–Trinajstić information content (AvgIpc) is 3.21. The number of hydrogen-bond donors (Lipinski definition) is 0. The highest BCUT2D eigenvalue weighted by Gasteiger charge is 2.25. The van der Waals surface area contributed by atoms with E-state index in [9.17, 15) is 4.79 Å². The number of hydrogen-bond acceptors (Lipinski definition) is 4. The smallest absolute Gasteiger partial charge is 0.254 e. The van der Waals surface area contributed by atoms with Gasteiger partial charge < -0.3 is 14.4 Å². The van der Waals surface area contributed by atoms with Gasteiger partial charge in [0.2, 0.25) is 0 Å². The summed E-state index contributed by atoms with van der Waals surface area (Å²) in [7, 11) is 0. The van der Waals surface area contributed by atoms with Crippen molar-refractivity contribution < 1.29 is 14.3 Å². The van der Waals surface area contributed by atoms with E-state index >= 15 is 0 Å². The summed E-state index contributed by atoms with van der Waals surface area (Å²) in [4.78, 5) is 14.7. The van der Waals surface area contributed by atoms with Gasteiger partial charge in [0, 0.05) is 36.1 Å². The van der Waals surface area contributed by atoms with Crippen LogP contribution in [0.1, 0.15) is 10.4 Å². The lowest BCUT2D eigenvalue weighted by Crippen LogP contribution is -2.47. The van der Waals surface area contributed by atoms with E-state index < -0.39 is 0 Å². The predicted molar refractivity (Wildman–Crippen MR) is 106 cm³/mol. The fraction of sp³-hybridized carbons (Fsp3) is 0.238. The number of carbonyl (C=O) groups is 1. The molecular formula is C21H20ClN3O3. The van der Waals surface area contributed by atoms with Crippen LogP contribution in [0.3, 0.4) is 0 Å². The molecule has 1 atom stereocenters. The van der Waals surface area contributed by atoms with Crippen LogP contribution in [0.5, 0.6) is 11.5 Å². The number of nitrogens with zero attached hydrogens (tertiary/aromatic N) is 3. The van der Waals surface area contributed by atoms with Gasteiger partial charge in [0.1, 0.15) is 11.5 Å². The zero-order valence-corrected chi connectivity index (χ0v) is 16.0. The van der Waals surface area contributed by atoms with Gasteiger partial charge in [0.25, 0.3) is 5.91 Å². The fourth-order valence-electron chi connectivity index (χ4n) is 3.15. The third-order valence-electron chi connectivity index (χ3n) is 4.51. The normalized spacial score (nSPS) is 16.8. The first kappa shape index (κ1) is 18.5. The number of amides is 1. The molecule has 1 saturated heterocycles. The molecule has 0 aliphatic carbocycles. The second kappa shape index (κ2) is 8.46. The van der Waals surface area contributed by atoms with Gasteiger partial charge in [-0.05, 0) is 48.5 Å². The average molecular weight is 398 g/mol. The second-order valence-electron chi connectivity index (χ2n) is 6.56. The van der Waals surface area contributed by atoms with Crippen LogP contribution in [0.4, 0.5) is 0 Å². The molecule has 0 saturated carbocycles. The highest BCUT2D eigenvalue weighted by molar-refractivity contribution is 6.30. The molecule has 1 fully saturated rings. The van der Waals surface area contributed by atoms with E-state index in [2.05, 4.69) is 5.10 Å². The quantitative estimate of drug-likeness (QED) is 0.655. The van der Waals surface area contributed by atoms with Crippen LogP contribution < -0.4 is 4.74 Å². The summed E-state index contributed by atoms with van der Waals surface area (Å²) in [6, 6.07) is 16.2. The van der Waals surface area contributed by atoms with Crippen LogP contribution in [0.2, 0.25) is 5.02 Å². The van der Waals surface area contributed by atoms with E-state index in [4.69, 9.17) is 21.1 Å². The van der Waals surface area contributed by atoms with Gasteiger partial charge >= 0.3 is 0 Å². The molecule has 2 aromatic carbocycles. The Bertz CT molecular complexity index is 928. The second-order valence-corrected chi connectivity index (χ2v) is 6.99. The summed E-state index contributed by atoms with van der Waals surface area (Å²) < 4.78 is 13.4. The SMILES string of the molecule is O=C(c1ccc(Oc2cccc(Cl)c2)cc1)N1CCOC(Cn2cccn2)C1. The molecule has 3 aromatic rings. The Morgan fingerprint density at radius 2 is 2.04 bits per heavy atom. The van der Waals surface area contributed by atoms with Gasteiger partial charge in [-0.2, -0.15) is 5.10 Å². The van der Waals surface area contributed by atoms with Gasteiger partial charge in [0.05, 0.1) is 19.3 Å². The molecule has 1 aromatic heterocycles. The number of benzene rings is 2. The summed E-state index contributed by atoms with van der Waals surface area (Å²) in [6.07, 6.45) is 3.56. The lowest BCUT2D eigenvalue weighted by Gasteiger charge is -2.33. The molecule has 0 N–H and O–H groups in total. The van der Waals surface area contributed by atoms with Gasteiger partial charge in [-0.1, -0.05) is 17.7 Å². The number of ether oxygens (including phenoxy) is 2. The van der Waals surface area contributed by atoms with Crippen LogP contribution in [0, 0.1) is 0 Å². The van der Waals surface area contributed by atoms with Crippen molar-refractivity contribution in [1.29, 1.82) is 0 Å². The molecule has 28 heavy (non-hydrogen) atoms. The van der Waals surface area contributed by atoms with Crippen molar-refractivity contribution in [3.8, 4) is 11.5 Å². The van der Waals surface area contributed by atoms with E-state index in [1.165, 1.54) is 0 Å². The Labute approximate surface area is 168 Å². The number of carbonyl (C=O) groups excluding carboxylic acids is 1. The number of morpholine rings is 1. The minimum absolute atomic E-state index is 0.0110. The van der Waals surface area contributed by atoms with E-state index in [1.807, 2.05) is 34.0 Å². The molecule has 1 aliphatic heterocycles. The summed E-state index contributed by atoms with van der Waals surface area (Å²) in [5, 5.41) is 4.81. The maximum atomic E-state index is 12.9. The first-order chi connectivity index (χ1) is 13.7. The minimum Gasteiger partial charge on any atom is -0.457 e. The first-order valence-electron chi connectivity index (χ1n) is 9.09. The molecule has 0 spiro atoms. The van der Waals surface area contributed by atoms with Gasteiger partial charge in [0.15, 0.2) is 0 Å². The molecular weight excluding hydrogens is 378 g/mol. The Kier molecular flexibility index (Phi) is 5.60.